The van der Waals surface area contributed by atoms with Gasteiger partial charge in [-0.1, -0.05) is 18.5 Å². The Hall–Kier alpha value is -1.87. The number of carbonyl (C=O) groups excluding carboxylic acids is 1. The summed E-state index contributed by atoms with van der Waals surface area (Å²) in [4.78, 5) is 12.0. The van der Waals surface area contributed by atoms with Crippen LogP contribution in [0.25, 0.3) is 0 Å². The Morgan fingerprint density at radius 3 is 2.36 bits per heavy atom. The summed E-state index contributed by atoms with van der Waals surface area (Å²) < 4.78 is 63.7. The smallest absolute Gasteiger partial charge is 0.287 e. The molecule has 0 aliphatic rings. The summed E-state index contributed by atoms with van der Waals surface area (Å²) in [5.74, 6) is -0.811. The first-order valence-electron chi connectivity index (χ1n) is 7.05. The van der Waals surface area contributed by atoms with Crippen LogP contribution in [-0.2, 0) is 29.5 Å². The molecule has 0 saturated carbocycles. The zero-order valence-electron chi connectivity index (χ0n) is 13.5. The average molecular weight is 395 g/mol. The van der Waals surface area contributed by atoms with E-state index in [4.69, 9.17) is 11.6 Å². The van der Waals surface area contributed by atoms with E-state index in [9.17, 15) is 26.4 Å². The number of hydrogen-bond acceptors (Lipinski definition) is 4. The number of rotatable bonds is 4. The molecule has 0 fully saturated rings. The van der Waals surface area contributed by atoms with E-state index in [0.29, 0.717) is 24.2 Å². The minimum absolute atomic E-state index is 0.0503. The number of ketones is 1. The first kappa shape index (κ1) is 19.5. The molecule has 0 N–H and O–H groups in total. The maximum absolute atomic E-state index is 12.9. The van der Waals surface area contributed by atoms with Crippen molar-refractivity contribution in [2.24, 2.45) is 7.05 Å². The van der Waals surface area contributed by atoms with Crippen LogP contribution in [0.15, 0.2) is 23.1 Å². The van der Waals surface area contributed by atoms with E-state index in [-0.39, 0.29) is 16.3 Å². The number of hydrogen-bond donors (Lipinski definition) is 0. The Bertz CT molecular complexity index is 950. The van der Waals surface area contributed by atoms with E-state index < -0.39 is 32.3 Å². The molecule has 0 radical (unpaired) electrons. The number of aryl methyl sites for hydroxylation is 2. The van der Waals surface area contributed by atoms with Gasteiger partial charge in [-0.3, -0.25) is 9.48 Å². The number of benzene rings is 1. The summed E-state index contributed by atoms with van der Waals surface area (Å²) in [7, 11) is -2.64. The van der Waals surface area contributed by atoms with Crippen molar-refractivity contribution in [1.82, 2.24) is 9.78 Å². The van der Waals surface area contributed by atoms with Gasteiger partial charge in [0.15, 0.2) is 9.84 Å². The first-order chi connectivity index (χ1) is 11.4. The largest absolute Gasteiger partial charge is 0.416 e. The molecule has 0 aliphatic heterocycles. The molecule has 136 valence electrons. The Kier molecular flexibility index (Phi) is 5.02. The lowest BCUT2D eigenvalue weighted by molar-refractivity contribution is -0.137. The molecule has 0 saturated heterocycles. The fourth-order valence-corrected chi connectivity index (χ4v) is 3.63. The fraction of sp³-hybridized carbons (Fsp3) is 0.333. The predicted molar refractivity (Wildman–Crippen MR) is 85.6 cm³/mol. The van der Waals surface area contributed by atoms with Crippen molar-refractivity contribution in [1.29, 1.82) is 0 Å². The van der Waals surface area contributed by atoms with Crippen molar-refractivity contribution in [2.45, 2.75) is 24.4 Å². The second kappa shape index (κ2) is 6.45. The first-order valence-corrected chi connectivity index (χ1v) is 9.32. The monoisotopic (exact) mass is 394 g/mol. The van der Waals surface area contributed by atoms with Crippen molar-refractivity contribution >= 4 is 27.2 Å². The molecule has 25 heavy (non-hydrogen) atoms. The highest BCUT2D eigenvalue weighted by Gasteiger charge is 2.34. The summed E-state index contributed by atoms with van der Waals surface area (Å²) in [6.45, 7) is 1.77. The van der Waals surface area contributed by atoms with Gasteiger partial charge < -0.3 is 0 Å². The second-order valence-electron chi connectivity index (χ2n) is 5.40. The van der Waals surface area contributed by atoms with E-state index in [1.807, 2.05) is 0 Å². The van der Waals surface area contributed by atoms with Gasteiger partial charge in [-0.15, -0.1) is 0 Å². The summed E-state index contributed by atoms with van der Waals surface area (Å²) in [6, 6.07) is 1.96. The lowest BCUT2D eigenvalue weighted by atomic mass is 10.0. The molecule has 1 heterocycles. The van der Waals surface area contributed by atoms with Crippen LogP contribution in [0.1, 0.15) is 34.2 Å². The number of carbonyl (C=O) groups is 1. The van der Waals surface area contributed by atoms with Gasteiger partial charge in [-0.05, 0) is 24.6 Å². The molecule has 10 heteroatoms. The highest BCUT2D eigenvalue weighted by Crippen LogP contribution is 2.33. The molecule has 2 rings (SSSR count). The van der Waals surface area contributed by atoms with Gasteiger partial charge in [-0.25, -0.2) is 8.42 Å². The number of nitrogens with zero attached hydrogens (tertiary/aromatic N) is 2. The lowest BCUT2D eigenvalue weighted by Crippen LogP contribution is -2.15. The van der Waals surface area contributed by atoms with Crippen molar-refractivity contribution in [3.05, 3.63) is 45.7 Å². The normalized spacial score (nSPS) is 12.4. The van der Waals surface area contributed by atoms with E-state index in [2.05, 4.69) is 5.10 Å². The maximum atomic E-state index is 12.9. The molecule has 2 aromatic rings. The van der Waals surface area contributed by atoms with Crippen LogP contribution in [0.2, 0.25) is 5.02 Å². The van der Waals surface area contributed by atoms with Crippen molar-refractivity contribution < 1.29 is 26.4 Å². The SMILES string of the molecule is CCc1nn(C)c(C(=O)c2ccc(C(F)(F)F)cc2S(C)(=O)=O)c1Cl. The highest BCUT2D eigenvalue weighted by atomic mass is 35.5. The third kappa shape index (κ3) is 3.72. The lowest BCUT2D eigenvalue weighted by Gasteiger charge is -2.12. The van der Waals surface area contributed by atoms with E-state index in [1.54, 1.807) is 6.92 Å². The van der Waals surface area contributed by atoms with Crippen LogP contribution in [0.5, 0.6) is 0 Å². The van der Waals surface area contributed by atoms with Gasteiger partial charge in [0.25, 0.3) is 0 Å². The zero-order chi connectivity index (χ0) is 19.2. The fourth-order valence-electron chi connectivity index (χ4n) is 2.35. The van der Waals surface area contributed by atoms with Crippen LogP contribution in [0.4, 0.5) is 13.2 Å². The van der Waals surface area contributed by atoms with Gasteiger partial charge in [0, 0.05) is 18.9 Å². The predicted octanol–water partition coefficient (Wildman–Crippen LogP) is 3.29. The van der Waals surface area contributed by atoms with Gasteiger partial charge in [0.05, 0.1) is 21.2 Å². The molecule has 1 aromatic carbocycles. The van der Waals surface area contributed by atoms with Crippen LogP contribution in [-0.4, -0.2) is 30.2 Å². The molecule has 0 bridgehead atoms. The average Bonchev–Trinajstić information content (AvgIpc) is 2.78. The Labute approximate surface area is 147 Å². The minimum atomic E-state index is -4.74. The van der Waals surface area contributed by atoms with E-state index in [1.165, 1.54) is 11.7 Å². The van der Waals surface area contributed by atoms with Crippen LogP contribution >= 0.6 is 11.6 Å². The highest BCUT2D eigenvalue weighted by molar-refractivity contribution is 7.90. The Morgan fingerprint density at radius 2 is 1.92 bits per heavy atom. The second-order valence-corrected chi connectivity index (χ2v) is 7.76. The van der Waals surface area contributed by atoms with Crippen LogP contribution in [0, 0.1) is 0 Å². The molecule has 5 nitrogen and oxygen atoms in total. The summed E-state index contributed by atoms with van der Waals surface area (Å²) in [5, 5.41) is 4.11. The summed E-state index contributed by atoms with van der Waals surface area (Å²) >= 11 is 6.11. The van der Waals surface area contributed by atoms with Crippen LogP contribution in [0.3, 0.4) is 0 Å². The zero-order valence-corrected chi connectivity index (χ0v) is 15.1. The summed E-state index contributed by atoms with van der Waals surface area (Å²) in [5.41, 5.74) is -1.19. The Balaban J connectivity index is 2.71. The van der Waals surface area contributed by atoms with Crippen molar-refractivity contribution in [3.8, 4) is 0 Å². The molecule has 1 aromatic heterocycles. The topological polar surface area (TPSA) is 69.0 Å². The number of halogens is 4. The van der Waals surface area contributed by atoms with Gasteiger partial charge in [0.1, 0.15) is 5.69 Å². The third-order valence-electron chi connectivity index (χ3n) is 3.56. The number of aromatic nitrogens is 2. The number of alkyl halides is 3. The molecule has 0 spiro atoms. The van der Waals surface area contributed by atoms with Gasteiger partial charge >= 0.3 is 6.18 Å². The third-order valence-corrected chi connectivity index (χ3v) is 5.09. The van der Waals surface area contributed by atoms with Crippen molar-refractivity contribution in [3.63, 3.8) is 0 Å². The van der Waals surface area contributed by atoms with Gasteiger partial charge in [-0.2, -0.15) is 18.3 Å². The molecular formula is C15H14ClF3N2O3S. The molecule has 0 amide bonds. The standard InChI is InChI=1S/C15H14ClF3N2O3S/c1-4-10-12(16)13(21(2)20-10)14(22)9-6-5-8(15(17,18)19)7-11(9)25(3,23)24/h5-7H,4H2,1-3H3. The molecule has 0 unspecified atom stereocenters. The Morgan fingerprint density at radius 1 is 1.32 bits per heavy atom. The minimum Gasteiger partial charge on any atom is -0.287 e. The molecule has 0 aliphatic carbocycles. The van der Waals surface area contributed by atoms with E-state index in [0.717, 1.165) is 12.3 Å². The van der Waals surface area contributed by atoms with E-state index >= 15 is 0 Å². The van der Waals surface area contributed by atoms with Crippen LogP contribution < -0.4 is 0 Å². The quantitative estimate of drug-likeness (QED) is 0.746. The number of sulfone groups is 1. The molecular weight excluding hydrogens is 381 g/mol. The van der Waals surface area contributed by atoms with Gasteiger partial charge in [0.2, 0.25) is 5.78 Å². The molecule has 0 atom stereocenters. The maximum Gasteiger partial charge on any atom is 0.416 e. The summed E-state index contributed by atoms with van der Waals surface area (Å²) in [6.07, 6.45) is -3.56. The van der Waals surface area contributed by atoms with Crippen molar-refractivity contribution in [2.75, 3.05) is 6.26 Å².